The lowest BCUT2D eigenvalue weighted by molar-refractivity contribution is -0.156. The van der Waals surface area contributed by atoms with E-state index in [1.54, 1.807) is 56.9 Å². The van der Waals surface area contributed by atoms with Gasteiger partial charge in [0.2, 0.25) is 11.7 Å². The van der Waals surface area contributed by atoms with Gasteiger partial charge in [0.1, 0.15) is 17.2 Å². The molecule has 10 heteroatoms. The van der Waals surface area contributed by atoms with Gasteiger partial charge in [-0.25, -0.2) is 9.59 Å². The number of amides is 2. The molecule has 39 heavy (non-hydrogen) atoms. The van der Waals surface area contributed by atoms with Crippen molar-refractivity contribution in [2.75, 3.05) is 13.1 Å². The van der Waals surface area contributed by atoms with Crippen LogP contribution in [-0.4, -0.2) is 63.3 Å². The highest BCUT2D eigenvalue weighted by molar-refractivity contribution is 5.97. The molecular formula is C29H42N4O6. The average molecular weight is 543 g/mol. The Bertz CT molecular complexity index is 1140. The Balaban J connectivity index is 1.60. The fourth-order valence-corrected chi connectivity index (χ4v) is 4.52. The molecule has 1 fully saturated rings. The number of rotatable bonds is 7. The van der Waals surface area contributed by atoms with Crippen molar-refractivity contribution in [1.29, 1.82) is 0 Å². The van der Waals surface area contributed by atoms with Gasteiger partial charge in [-0.3, -0.25) is 4.79 Å². The Morgan fingerprint density at radius 2 is 1.62 bits per heavy atom. The molecule has 214 valence electrons. The Morgan fingerprint density at radius 1 is 1.03 bits per heavy atom. The van der Waals surface area contributed by atoms with Crippen molar-refractivity contribution in [3.8, 4) is 11.4 Å². The number of nitrogens with zero attached hydrogens (tertiary/aromatic N) is 3. The molecule has 0 saturated carbocycles. The summed E-state index contributed by atoms with van der Waals surface area (Å²) in [5.41, 5.74) is -0.0203. The molecule has 0 spiro atoms. The summed E-state index contributed by atoms with van der Waals surface area (Å²) in [4.78, 5) is 43.6. The third-order valence-corrected chi connectivity index (χ3v) is 6.47. The molecule has 0 aliphatic carbocycles. The normalized spacial score (nSPS) is 16.4. The molecular weight excluding hydrogens is 500 g/mol. The van der Waals surface area contributed by atoms with Crippen molar-refractivity contribution >= 4 is 18.0 Å². The minimum absolute atomic E-state index is 0.0893. The molecule has 2 atom stereocenters. The Labute approximate surface area is 230 Å². The van der Waals surface area contributed by atoms with E-state index in [-0.39, 0.29) is 17.9 Å². The standard InChI is InChI=1S/C29H42N4O6/c1-9-22(19-14-16-33(17-15-19)27(36)38-29(6,7)8)25-31-23(32-39-25)20-10-12-21(13-11-20)24(34)30-18(2)26(35)37-28(3,4)5/h10-13,18-19,22H,9,14-17H2,1-8H3,(H,30,34). The summed E-state index contributed by atoms with van der Waals surface area (Å²) in [6.07, 6.45) is 2.24. The minimum Gasteiger partial charge on any atom is -0.458 e. The third kappa shape index (κ3) is 8.53. The molecule has 0 radical (unpaired) electrons. The zero-order chi connectivity index (χ0) is 29.0. The van der Waals surface area contributed by atoms with Crippen molar-refractivity contribution in [3.63, 3.8) is 0 Å². The molecule has 1 aliphatic heterocycles. The molecule has 3 rings (SSSR count). The lowest BCUT2D eigenvalue weighted by atomic mass is 9.82. The number of likely N-dealkylation sites (tertiary alicyclic amines) is 1. The van der Waals surface area contributed by atoms with E-state index < -0.39 is 23.2 Å². The number of carbonyl (C=O) groups excluding carboxylic acids is 3. The Morgan fingerprint density at radius 3 is 2.15 bits per heavy atom. The number of piperidine rings is 1. The predicted octanol–water partition coefficient (Wildman–Crippen LogP) is 5.34. The largest absolute Gasteiger partial charge is 0.458 e. The van der Waals surface area contributed by atoms with Crippen LogP contribution in [0.15, 0.2) is 28.8 Å². The summed E-state index contributed by atoms with van der Waals surface area (Å²) in [5.74, 6) is 0.566. The van der Waals surface area contributed by atoms with Crippen molar-refractivity contribution in [1.82, 2.24) is 20.4 Å². The highest BCUT2D eigenvalue weighted by atomic mass is 16.6. The topological polar surface area (TPSA) is 124 Å². The van der Waals surface area contributed by atoms with E-state index in [4.69, 9.17) is 14.0 Å². The Kier molecular flexibility index (Phi) is 9.40. The fraction of sp³-hybridized carbons (Fsp3) is 0.621. The first kappa shape index (κ1) is 30.1. The Hall–Kier alpha value is -3.43. The van der Waals surface area contributed by atoms with Crippen molar-refractivity contribution in [2.45, 2.75) is 97.8 Å². The lowest BCUT2D eigenvalue weighted by Gasteiger charge is -2.35. The van der Waals surface area contributed by atoms with Crippen molar-refractivity contribution < 1.29 is 28.4 Å². The highest BCUT2D eigenvalue weighted by Crippen LogP contribution is 2.35. The zero-order valence-electron chi connectivity index (χ0n) is 24.4. The van der Waals surface area contributed by atoms with E-state index in [1.165, 1.54) is 0 Å². The van der Waals surface area contributed by atoms with E-state index in [0.29, 0.717) is 36.3 Å². The second kappa shape index (κ2) is 12.2. The van der Waals surface area contributed by atoms with Gasteiger partial charge in [0, 0.05) is 30.1 Å². The fourth-order valence-electron chi connectivity index (χ4n) is 4.52. The minimum atomic E-state index is -0.779. The van der Waals surface area contributed by atoms with E-state index >= 15 is 0 Å². The molecule has 1 aromatic carbocycles. The number of nitrogens with one attached hydrogen (secondary N) is 1. The first-order valence-corrected chi connectivity index (χ1v) is 13.6. The van der Waals surface area contributed by atoms with Crippen LogP contribution < -0.4 is 5.32 Å². The van der Waals surface area contributed by atoms with Crippen LogP contribution in [0.2, 0.25) is 0 Å². The SMILES string of the molecule is CCC(c1nc(-c2ccc(C(=O)NC(C)C(=O)OC(C)(C)C)cc2)no1)C1CCN(C(=O)OC(C)(C)C)CC1. The molecule has 1 saturated heterocycles. The number of benzene rings is 1. The molecule has 1 aromatic heterocycles. The third-order valence-electron chi connectivity index (χ3n) is 6.47. The van der Waals surface area contributed by atoms with Gasteiger partial charge in [-0.2, -0.15) is 4.98 Å². The van der Waals surface area contributed by atoms with E-state index in [0.717, 1.165) is 24.8 Å². The lowest BCUT2D eigenvalue weighted by Crippen LogP contribution is -2.42. The molecule has 1 aliphatic rings. The van der Waals surface area contributed by atoms with Crippen LogP contribution in [0.4, 0.5) is 4.79 Å². The predicted molar refractivity (Wildman–Crippen MR) is 146 cm³/mol. The molecule has 0 bridgehead atoms. The van der Waals surface area contributed by atoms with E-state index in [1.807, 2.05) is 20.8 Å². The van der Waals surface area contributed by atoms with Gasteiger partial charge in [-0.05, 0) is 85.8 Å². The van der Waals surface area contributed by atoms with Gasteiger partial charge >= 0.3 is 12.1 Å². The van der Waals surface area contributed by atoms with Crippen LogP contribution in [0.3, 0.4) is 0 Å². The summed E-state index contributed by atoms with van der Waals surface area (Å²) in [5, 5.41) is 6.85. The number of aromatic nitrogens is 2. The molecule has 2 aromatic rings. The van der Waals surface area contributed by atoms with Gasteiger partial charge in [0.05, 0.1) is 0 Å². The number of hydrogen-bond donors (Lipinski definition) is 1. The number of hydrogen-bond acceptors (Lipinski definition) is 8. The van der Waals surface area contributed by atoms with Crippen LogP contribution >= 0.6 is 0 Å². The van der Waals surface area contributed by atoms with Crippen LogP contribution in [0.5, 0.6) is 0 Å². The van der Waals surface area contributed by atoms with E-state index in [9.17, 15) is 14.4 Å². The van der Waals surface area contributed by atoms with Crippen LogP contribution in [0.25, 0.3) is 11.4 Å². The second-order valence-corrected chi connectivity index (χ2v) is 12.1. The molecule has 2 amide bonds. The molecule has 2 heterocycles. The van der Waals surface area contributed by atoms with Crippen LogP contribution in [0.1, 0.15) is 96.8 Å². The molecule has 2 unspecified atom stereocenters. The summed E-state index contributed by atoms with van der Waals surface area (Å²) in [6.45, 7) is 15.9. The van der Waals surface area contributed by atoms with Crippen LogP contribution in [-0.2, 0) is 14.3 Å². The average Bonchev–Trinajstić information content (AvgIpc) is 3.32. The van der Waals surface area contributed by atoms with Crippen molar-refractivity contribution in [2.24, 2.45) is 5.92 Å². The van der Waals surface area contributed by atoms with Gasteiger partial charge in [-0.15, -0.1) is 0 Å². The first-order valence-electron chi connectivity index (χ1n) is 13.6. The zero-order valence-corrected chi connectivity index (χ0v) is 24.4. The van der Waals surface area contributed by atoms with Gasteiger partial charge in [0.15, 0.2) is 0 Å². The summed E-state index contributed by atoms with van der Waals surface area (Å²) >= 11 is 0. The van der Waals surface area contributed by atoms with Crippen molar-refractivity contribution in [3.05, 3.63) is 35.7 Å². The number of carbonyl (C=O) groups is 3. The maximum absolute atomic E-state index is 12.6. The van der Waals surface area contributed by atoms with Gasteiger partial charge in [0.25, 0.3) is 5.91 Å². The summed E-state index contributed by atoms with van der Waals surface area (Å²) in [6, 6.07) is 6.04. The number of esters is 1. The molecule has 10 nitrogen and oxygen atoms in total. The quantitative estimate of drug-likeness (QED) is 0.465. The first-order chi connectivity index (χ1) is 18.2. The van der Waals surface area contributed by atoms with Crippen LogP contribution in [0, 0.1) is 5.92 Å². The number of ether oxygens (including phenoxy) is 2. The molecule has 1 N–H and O–H groups in total. The monoisotopic (exact) mass is 542 g/mol. The van der Waals surface area contributed by atoms with Gasteiger partial charge < -0.3 is 24.2 Å². The second-order valence-electron chi connectivity index (χ2n) is 12.1. The summed E-state index contributed by atoms with van der Waals surface area (Å²) in [7, 11) is 0. The van der Waals surface area contributed by atoms with E-state index in [2.05, 4.69) is 22.4 Å². The van der Waals surface area contributed by atoms with Gasteiger partial charge in [-0.1, -0.05) is 24.2 Å². The summed E-state index contributed by atoms with van der Waals surface area (Å²) < 4.78 is 16.5. The smallest absolute Gasteiger partial charge is 0.410 e. The maximum atomic E-state index is 12.6. The highest BCUT2D eigenvalue weighted by Gasteiger charge is 2.33. The maximum Gasteiger partial charge on any atom is 0.410 e.